The van der Waals surface area contributed by atoms with Crippen molar-refractivity contribution >= 4 is 12.2 Å². The van der Waals surface area contributed by atoms with Gasteiger partial charge in [0, 0.05) is 18.6 Å². The maximum atomic E-state index is 12.4. The topological polar surface area (TPSA) is 70.6 Å². The van der Waals surface area contributed by atoms with Gasteiger partial charge in [-0.3, -0.25) is 0 Å². The molecule has 2 aromatic carbocycles. The molecule has 0 aromatic heterocycles. The molecule has 0 saturated heterocycles. The first kappa shape index (κ1) is 25.5. The van der Waals surface area contributed by atoms with Gasteiger partial charge in [-0.2, -0.15) is 0 Å². The van der Waals surface area contributed by atoms with Gasteiger partial charge in [0.05, 0.1) is 0 Å². The lowest BCUT2D eigenvalue weighted by Crippen LogP contribution is -2.47. The Bertz CT molecular complexity index is 839. The third-order valence-electron chi connectivity index (χ3n) is 4.81. The Morgan fingerprint density at radius 2 is 1.72 bits per heavy atom. The molecule has 5 nitrogen and oxygen atoms in total. The molecule has 0 aliphatic rings. The molecule has 2 rings (SSSR count). The monoisotopic (exact) mass is 438 g/mol. The lowest BCUT2D eigenvalue weighted by molar-refractivity contribution is 0.0503. The Kier molecular flexibility index (Phi) is 9.79. The number of amides is 1. The minimum Gasteiger partial charge on any atom is -0.508 e. The number of aromatic hydroxyl groups is 1. The van der Waals surface area contributed by atoms with Crippen LogP contribution in [-0.4, -0.2) is 35.4 Å². The highest BCUT2D eigenvalue weighted by Gasteiger charge is 2.20. The molecule has 174 valence electrons. The minimum atomic E-state index is -0.556. The van der Waals surface area contributed by atoms with Crippen LogP contribution < -0.4 is 10.6 Å². The summed E-state index contributed by atoms with van der Waals surface area (Å²) in [7, 11) is 0. The number of hydrogen-bond donors (Lipinski definition) is 3. The molecule has 0 bridgehead atoms. The molecule has 2 aromatic rings. The third-order valence-corrected chi connectivity index (χ3v) is 4.81. The summed E-state index contributed by atoms with van der Waals surface area (Å²) in [5.41, 5.74) is 1.64. The van der Waals surface area contributed by atoms with E-state index in [-0.39, 0.29) is 17.8 Å². The number of hydrogen-bond acceptors (Lipinski definition) is 4. The zero-order valence-corrected chi connectivity index (χ0v) is 20.0. The van der Waals surface area contributed by atoms with Crippen LogP contribution in [0, 0.1) is 5.92 Å². The molecule has 0 heterocycles. The van der Waals surface area contributed by atoms with E-state index in [0.717, 1.165) is 17.5 Å². The van der Waals surface area contributed by atoms with Crippen LogP contribution in [0.5, 0.6) is 5.75 Å². The van der Waals surface area contributed by atoms with Crippen molar-refractivity contribution in [2.75, 3.05) is 6.54 Å². The summed E-state index contributed by atoms with van der Waals surface area (Å²) in [6.45, 7) is 10.6. The van der Waals surface area contributed by atoms with Crippen LogP contribution in [0.15, 0.2) is 60.7 Å². The van der Waals surface area contributed by atoms with Gasteiger partial charge in [-0.1, -0.05) is 68.5 Å². The Labute approximate surface area is 192 Å². The van der Waals surface area contributed by atoms with Crippen molar-refractivity contribution in [3.63, 3.8) is 0 Å². The largest absolute Gasteiger partial charge is 0.508 e. The number of ether oxygens (including phenoxy) is 1. The van der Waals surface area contributed by atoms with Crippen molar-refractivity contribution in [1.82, 2.24) is 10.6 Å². The summed E-state index contributed by atoms with van der Waals surface area (Å²) in [5.74, 6) is 0.758. The molecule has 0 aliphatic heterocycles. The molecule has 1 amide bonds. The zero-order valence-electron chi connectivity index (χ0n) is 20.0. The molecule has 0 aliphatic carbocycles. The number of alkyl carbamates (subject to hydrolysis) is 1. The van der Waals surface area contributed by atoms with Gasteiger partial charge >= 0.3 is 6.09 Å². The van der Waals surface area contributed by atoms with E-state index in [1.54, 1.807) is 12.1 Å². The highest BCUT2D eigenvalue weighted by Crippen LogP contribution is 2.14. The van der Waals surface area contributed by atoms with Crippen LogP contribution in [0.25, 0.3) is 6.08 Å². The van der Waals surface area contributed by atoms with Crippen LogP contribution in [0.2, 0.25) is 0 Å². The SMILES string of the molecule is CC(C)C[C@@H](C=Cc1ccccc1)NC[C@H](Cc1ccc(O)cc1)NC(=O)OC(C)(C)C. The summed E-state index contributed by atoms with van der Waals surface area (Å²) < 4.78 is 5.47. The third kappa shape index (κ3) is 10.5. The number of carbonyl (C=O) groups excluding carboxylic acids is 1. The van der Waals surface area contributed by atoms with Crippen molar-refractivity contribution in [1.29, 1.82) is 0 Å². The summed E-state index contributed by atoms with van der Waals surface area (Å²) in [5, 5.41) is 16.2. The molecule has 5 heteroatoms. The number of phenolic OH excluding ortho intramolecular Hbond substituents is 1. The van der Waals surface area contributed by atoms with Gasteiger partial charge in [0.1, 0.15) is 11.4 Å². The lowest BCUT2D eigenvalue weighted by Gasteiger charge is -2.26. The quantitative estimate of drug-likeness (QED) is 0.455. The number of rotatable bonds is 10. The van der Waals surface area contributed by atoms with E-state index in [9.17, 15) is 9.90 Å². The second kappa shape index (κ2) is 12.3. The predicted octanol–water partition coefficient (Wildman–Crippen LogP) is 5.55. The highest BCUT2D eigenvalue weighted by atomic mass is 16.6. The summed E-state index contributed by atoms with van der Waals surface area (Å²) >= 11 is 0. The zero-order chi connectivity index (χ0) is 23.6. The fourth-order valence-corrected chi connectivity index (χ4v) is 3.39. The molecule has 0 spiro atoms. The van der Waals surface area contributed by atoms with Crippen molar-refractivity contribution in [3.05, 3.63) is 71.8 Å². The Morgan fingerprint density at radius 3 is 2.31 bits per heavy atom. The molecule has 0 unspecified atom stereocenters. The van der Waals surface area contributed by atoms with Gasteiger partial charge in [0.25, 0.3) is 0 Å². The molecule has 0 saturated carbocycles. The number of benzene rings is 2. The minimum absolute atomic E-state index is 0.158. The van der Waals surface area contributed by atoms with Crippen LogP contribution in [0.1, 0.15) is 52.2 Å². The fourth-order valence-electron chi connectivity index (χ4n) is 3.39. The Hall–Kier alpha value is -2.79. The second-order valence-electron chi connectivity index (χ2n) is 9.63. The van der Waals surface area contributed by atoms with Crippen LogP contribution in [-0.2, 0) is 11.2 Å². The van der Waals surface area contributed by atoms with E-state index in [0.29, 0.717) is 18.9 Å². The smallest absolute Gasteiger partial charge is 0.407 e. The molecular weight excluding hydrogens is 400 g/mol. The van der Waals surface area contributed by atoms with Crippen LogP contribution in [0.4, 0.5) is 4.79 Å². The molecule has 2 atom stereocenters. The van der Waals surface area contributed by atoms with Crippen LogP contribution >= 0.6 is 0 Å². The van der Waals surface area contributed by atoms with E-state index in [1.807, 2.05) is 51.1 Å². The normalized spacial score (nSPS) is 13.8. The highest BCUT2D eigenvalue weighted by molar-refractivity contribution is 5.68. The molecule has 32 heavy (non-hydrogen) atoms. The first-order valence-corrected chi connectivity index (χ1v) is 11.3. The van der Waals surface area contributed by atoms with Gasteiger partial charge in [-0.15, -0.1) is 0 Å². The maximum Gasteiger partial charge on any atom is 0.407 e. The number of carbonyl (C=O) groups is 1. The summed E-state index contributed by atoms with van der Waals surface area (Å²) in [6.07, 6.45) is 5.52. The molecule has 0 radical (unpaired) electrons. The Morgan fingerprint density at radius 1 is 1.06 bits per heavy atom. The van der Waals surface area contributed by atoms with E-state index in [2.05, 4.69) is 48.8 Å². The van der Waals surface area contributed by atoms with Crippen molar-refractivity contribution in [3.8, 4) is 5.75 Å². The van der Waals surface area contributed by atoms with Gasteiger partial charge in [-0.05, 0) is 62.8 Å². The average Bonchev–Trinajstić information content (AvgIpc) is 2.70. The van der Waals surface area contributed by atoms with Gasteiger partial charge in [0.15, 0.2) is 0 Å². The van der Waals surface area contributed by atoms with E-state index < -0.39 is 11.7 Å². The average molecular weight is 439 g/mol. The Balaban J connectivity index is 2.08. The summed E-state index contributed by atoms with van der Waals surface area (Å²) in [6, 6.07) is 17.3. The van der Waals surface area contributed by atoms with Crippen molar-refractivity contribution in [2.45, 2.75) is 65.1 Å². The van der Waals surface area contributed by atoms with Crippen LogP contribution in [0.3, 0.4) is 0 Å². The number of nitrogens with one attached hydrogen (secondary N) is 2. The van der Waals surface area contributed by atoms with Gasteiger partial charge in [0.2, 0.25) is 0 Å². The molecular formula is C27H38N2O3. The fraction of sp³-hybridized carbons (Fsp3) is 0.444. The van der Waals surface area contributed by atoms with E-state index in [1.165, 1.54) is 0 Å². The van der Waals surface area contributed by atoms with Gasteiger partial charge in [-0.25, -0.2) is 4.79 Å². The molecule has 3 N–H and O–H groups in total. The second-order valence-corrected chi connectivity index (χ2v) is 9.63. The standard InChI is InChI=1S/C27H38N2O3/c1-20(2)17-23(14-11-21-9-7-6-8-10-21)28-19-24(29-26(31)32-27(3,4)5)18-22-12-15-25(30)16-13-22/h6-16,20,23-24,28,30H,17-19H2,1-5H3,(H,29,31)/t23-,24+/m1/s1. The number of phenols is 1. The van der Waals surface area contributed by atoms with Crippen molar-refractivity contribution in [2.24, 2.45) is 5.92 Å². The van der Waals surface area contributed by atoms with Crippen molar-refractivity contribution < 1.29 is 14.6 Å². The summed E-state index contributed by atoms with van der Waals surface area (Å²) in [4.78, 5) is 12.4. The first-order chi connectivity index (χ1) is 15.1. The predicted molar refractivity (Wildman–Crippen MR) is 132 cm³/mol. The van der Waals surface area contributed by atoms with Gasteiger partial charge < -0.3 is 20.5 Å². The van der Waals surface area contributed by atoms with E-state index in [4.69, 9.17) is 4.74 Å². The maximum absolute atomic E-state index is 12.4. The first-order valence-electron chi connectivity index (χ1n) is 11.3. The lowest BCUT2D eigenvalue weighted by atomic mass is 10.0. The molecule has 0 fully saturated rings. The van der Waals surface area contributed by atoms with E-state index >= 15 is 0 Å².